The first kappa shape index (κ1) is 11.4. The molecular formula is C9H17O3. The zero-order valence-corrected chi connectivity index (χ0v) is 7.84. The summed E-state index contributed by atoms with van der Waals surface area (Å²) in [5.74, 6) is -0.356. The van der Waals surface area contributed by atoms with Gasteiger partial charge >= 0.3 is 5.97 Å². The zero-order valence-electron chi connectivity index (χ0n) is 7.84. The number of methoxy groups -OCH3 is 1. The zero-order chi connectivity index (χ0) is 9.40. The van der Waals surface area contributed by atoms with E-state index in [-0.39, 0.29) is 11.9 Å². The van der Waals surface area contributed by atoms with Crippen LogP contribution in [0.15, 0.2) is 0 Å². The lowest BCUT2D eigenvalue weighted by atomic mass is 10.2. The van der Waals surface area contributed by atoms with E-state index in [2.05, 4.69) is 6.92 Å². The molecule has 0 bridgehead atoms. The molecule has 3 nitrogen and oxygen atoms in total. The second-order valence-electron chi connectivity index (χ2n) is 2.73. The molecule has 71 valence electrons. The Labute approximate surface area is 74.0 Å². The molecule has 12 heavy (non-hydrogen) atoms. The van der Waals surface area contributed by atoms with Gasteiger partial charge in [-0.2, -0.15) is 0 Å². The standard InChI is InChI=1S/C9H17O3/c1-4-5-6-12-9(10)8(2)7-11-3/h8H,1,4-7H2,2-3H3. The number of hydrogen-bond donors (Lipinski definition) is 0. The molecule has 0 aliphatic heterocycles. The van der Waals surface area contributed by atoms with Crippen molar-refractivity contribution in [1.29, 1.82) is 0 Å². The second-order valence-corrected chi connectivity index (χ2v) is 2.73. The molecule has 0 aliphatic rings. The molecule has 0 amide bonds. The van der Waals surface area contributed by atoms with Gasteiger partial charge in [0.15, 0.2) is 0 Å². The van der Waals surface area contributed by atoms with Crippen LogP contribution in [0.3, 0.4) is 0 Å². The van der Waals surface area contributed by atoms with Crippen molar-refractivity contribution in [3.05, 3.63) is 6.92 Å². The minimum Gasteiger partial charge on any atom is -0.465 e. The Hall–Kier alpha value is -0.570. The van der Waals surface area contributed by atoms with E-state index in [4.69, 9.17) is 9.47 Å². The fourth-order valence-electron chi connectivity index (χ4n) is 0.735. The van der Waals surface area contributed by atoms with Crippen molar-refractivity contribution in [2.24, 2.45) is 5.92 Å². The van der Waals surface area contributed by atoms with Gasteiger partial charge < -0.3 is 9.47 Å². The minimum atomic E-state index is -0.190. The summed E-state index contributed by atoms with van der Waals surface area (Å²) >= 11 is 0. The highest BCUT2D eigenvalue weighted by atomic mass is 16.5. The van der Waals surface area contributed by atoms with Crippen molar-refractivity contribution in [2.75, 3.05) is 20.3 Å². The fourth-order valence-corrected chi connectivity index (χ4v) is 0.735. The monoisotopic (exact) mass is 173 g/mol. The number of unbranched alkanes of at least 4 members (excludes halogenated alkanes) is 1. The van der Waals surface area contributed by atoms with Crippen LogP contribution >= 0.6 is 0 Å². The average Bonchev–Trinajstić information content (AvgIpc) is 2.05. The maximum absolute atomic E-state index is 11.1. The van der Waals surface area contributed by atoms with Crippen LogP contribution < -0.4 is 0 Å². The van der Waals surface area contributed by atoms with Gasteiger partial charge in [-0.15, -0.1) is 0 Å². The van der Waals surface area contributed by atoms with Crippen molar-refractivity contribution in [2.45, 2.75) is 19.8 Å². The minimum absolute atomic E-state index is 0.167. The lowest BCUT2D eigenvalue weighted by Crippen LogP contribution is -2.19. The van der Waals surface area contributed by atoms with Crippen molar-refractivity contribution in [1.82, 2.24) is 0 Å². The van der Waals surface area contributed by atoms with E-state index in [0.29, 0.717) is 13.2 Å². The van der Waals surface area contributed by atoms with E-state index in [0.717, 1.165) is 12.8 Å². The lowest BCUT2D eigenvalue weighted by molar-refractivity contribution is -0.149. The Morgan fingerprint density at radius 2 is 2.25 bits per heavy atom. The van der Waals surface area contributed by atoms with Gasteiger partial charge in [0.2, 0.25) is 0 Å². The first-order valence-electron chi connectivity index (χ1n) is 4.17. The first-order valence-corrected chi connectivity index (χ1v) is 4.17. The molecule has 0 aromatic carbocycles. The third-order valence-corrected chi connectivity index (χ3v) is 1.46. The van der Waals surface area contributed by atoms with Gasteiger partial charge in [0, 0.05) is 7.11 Å². The molecule has 1 radical (unpaired) electrons. The van der Waals surface area contributed by atoms with Gasteiger partial charge in [-0.05, 0) is 13.3 Å². The molecular weight excluding hydrogens is 156 g/mol. The van der Waals surface area contributed by atoms with Gasteiger partial charge in [-0.3, -0.25) is 4.79 Å². The third kappa shape index (κ3) is 5.13. The van der Waals surface area contributed by atoms with Gasteiger partial charge in [0.25, 0.3) is 0 Å². The molecule has 0 spiro atoms. The third-order valence-electron chi connectivity index (χ3n) is 1.46. The maximum Gasteiger partial charge on any atom is 0.310 e. The van der Waals surface area contributed by atoms with Crippen LogP contribution in [0.25, 0.3) is 0 Å². The van der Waals surface area contributed by atoms with Crippen LogP contribution in [0.5, 0.6) is 0 Å². The molecule has 0 aromatic rings. The summed E-state index contributed by atoms with van der Waals surface area (Å²) in [4.78, 5) is 11.1. The summed E-state index contributed by atoms with van der Waals surface area (Å²) < 4.78 is 9.76. The summed E-state index contributed by atoms with van der Waals surface area (Å²) in [5.41, 5.74) is 0. The molecule has 0 rings (SSSR count). The molecule has 0 heterocycles. The van der Waals surface area contributed by atoms with E-state index in [9.17, 15) is 4.79 Å². The Kier molecular flexibility index (Phi) is 6.76. The van der Waals surface area contributed by atoms with Crippen LogP contribution in [-0.4, -0.2) is 26.3 Å². The van der Waals surface area contributed by atoms with Gasteiger partial charge in [0.1, 0.15) is 0 Å². The molecule has 1 atom stereocenters. The van der Waals surface area contributed by atoms with Crippen molar-refractivity contribution in [3.8, 4) is 0 Å². The Balaban J connectivity index is 3.43. The largest absolute Gasteiger partial charge is 0.465 e. The van der Waals surface area contributed by atoms with Crippen LogP contribution in [0, 0.1) is 12.8 Å². The number of rotatable bonds is 6. The number of carbonyl (C=O) groups excluding carboxylic acids is 1. The smallest absolute Gasteiger partial charge is 0.310 e. The highest BCUT2D eigenvalue weighted by Crippen LogP contribution is 1.99. The van der Waals surface area contributed by atoms with Crippen molar-refractivity contribution in [3.63, 3.8) is 0 Å². The molecule has 3 heteroatoms. The highest BCUT2D eigenvalue weighted by molar-refractivity contribution is 5.72. The summed E-state index contributed by atoms with van der Waals surface area (Å²) in [5, 5.41) is 0. The summed E-state index contributed by atoms with van der Waals surface area (Å²) in [7, 11) is 1.57. The summed E-state index contributed by atoms with van der Waals surface area (Å²) in [6.07, 6.45) is 1.62. The van der Waals surface area contributed by atoms with E-state index < -0.39 is 0 Å². The molecule has 0 aliphatic carbocycles. The molecule has 0 saturated carbocycles. The SMILES string of the molecule is [CH2]CCCOC(=O)C(C)COC. The number of esters is 1. The summed E-state index contributed by atoms with van der Waals surface area (Å²) in [6, 6.07) is 0. The normalized spacial score (nSPS) is 12.6. The molecule has 1 unspecified atom stereocenters. The van der Waals surface area contributed by atoms with Crippen LogP contribution in [0.2, 0.25) is 0 Å². The fraction of sp³-hybridized carbons (Fsp3) is 0.778. The Morgan fingerprint density at radius 3 is 2.75 bits per heavy atom. The topological polar surface area (TPSA) is 35.5 Å². The number of ether oxygens (including phenoxy) is 2. The van der Waals surface area contributed by atoms with Crippen LogP contribution in [-0.2, 0) is 14.3 Å². The predicted octanol–water partition coefficient (Wildman–Crippen LogP) is 1.43. The second kappa shape index (κ2) is 7.10. The predicted molar refractivity (Wildman–Crippen MR) is 46.6 cm³/mol. The molecule has 0 N–H and O–H groups in total. The average molecular weight is 173 g/mol. The van der Waals surface area contributed by atoms with Crippen LogP contribution in [0.1, 0.15) is 19.8 Å². The van der Waals surface area contributed by atoms with Gasteiger partial charge in [-0.25, -0.2) is 0 Å². The summed E-state index contributed by atoms with van der Waals surface area (Å²) in [6.45, 7) is 6.32. The maximum atomic E-state index is 11.1. The van der Waals surface area contributed by atoms with E-state index in [1.54, 1.807) is 14.0 Å². The highest BCUT2D eigenvalue weighted by Gasteiger charge is 2.12. The van der Waals surface area contributed by atoms with E-state index in [1.165, 1.54) is 0 Å². The van der Waals surface area contributed by atoms with E-state index in [1.807, 2.05) is 0 Å². The van der Waals surface area contributed by atoms with Gasteiger partial charge in [0.05, 0.1) is 19.1 Å². The van der Waals surface area contributed by atoms with Crippen molar-refractivity contribution >= 4 is 5.97 Å². The Bertz CT molecular complexity index is 123. The molecule has 0 fully saturated rings. The number of hydrogen-bond acceptors (Lipinski definition) is 3. The number of carbonyl (C=O) groups is 1. The molecule has 0 aromatic heterocycles. The van der Waals surface area contributed by atoms with Crippen molar-refractivity contribution < 1.29 is 14.3 Å². The van der Waals surface area contributed by atoms with Gasteiger partial charge in [-0.1, -0.05) is 13.3 Å². The first-order chi connectivity index (χ1) is 5.72. The lowest BCUT2D eigenvalue weighted by Gasteiger charge is -2.09. The Morgan fingerprint density at radius 1 is 1.58 bits per heavy atom. The van der Waals surface area contributed by atoms with E-state index >= 15 is 0 Å². The quantitative estimate of drug-likeness (QED) is 0.450. The molecule has 0 saturated heterocycles. The van der Waals surface area contributed by atoms with Crippen LogP contribution in [0.4, 0.5) is 0 Å².